The molecule has 0 radical (unpaired) electrons. The van der Waals surface area contributed by atoms with Crippen molar-refractivity contribution in [3.8, 4) is 0 Å². The van der Waals surface area contributed by atoms with Crippen LogP contribution in [0.25, 0.3) is 10.1 Å². The third-order valence-electron chi connectivity index (χ3n) is 2.89. The number of rotatable bonds is 2. The molecule has 1 aliphatic rings. The second-order valence-electron chi connectivity index (χ2n) is 4.01. The summed E-state index contributed by atoms with van der Waals surface area (Å²) in [5, 5.41) is 1.41. The van der Waals surface area contributed by atoms with Crippen molar-refractivity contribution in [2.75, 3.05) is 5.75 Å². The summed E-state index contributed by atoms with van der Waals surface area (Å²) in [6, 6.07) is 10.2. The van der Waals surface area contributed by atoms with Crippen molar-refractivity contribution < 1.29 is 4.79 Å². The van der Waals surface area contributed by atoms with Gasteiger partial charge < -0.3 is 0 Å². The van der Waals surface area contributed by atoms with Gasteiger partial charge in [-0.15, -0.1) is 11.3 Å². The Morgan fingerprint density at radius 1 is 1.31 bits per heavy atom. The molecule has 1 aromatic carbocycles. The summed E-state index contributed by atoms with van der Waals surface area (Å²) in [4.78, 5) is 13.1. The zero-order valence-electron chi connectivity index (χ0n) is 8.81. The van der Waals surface area contributed by atoms with Crippen molar-refractivity contribution in [3.05, 3.63) is 35.2 Å². The average molecular weight is 248 g/mol. The Morgan fingerprint density at radius 2 is 2.19 bits per heavy atom. The van der Waals surface area contributed by atoms with Gasteiger partial charge in [-0.1, -0.05) is 18.2 Å². The van der Waals surface area contributed by atoms with E-state index in [-0.39, 0.29) is 5.25 Å². The predicted molar refractivity (Wildman–Crippen MR) is 71.6 cm³/mol. The summed E-state index contributed by atoms with van der Waals surface area (Å²) in [5.41, 5.74) is 0. The normalized spacial score (nSPS) is 20.4. The largest absolute Gasteiger partial charge is 0.292 e. The van der Waals surface area contributed by atoms with E-state index in [0.717, 1.165) is 17.1 Å². The number of thioether (sulfide) groups is 1. The highest BCUT2D eigenvalue weighted by Crippen LogP contribution is 2.33. The first-order valence-corrected chi connectivity index (χ1v) is 7.35. The maximum Gasteiger partial charge on any atom is 0.185 e. The molecule has 3 rings (SSSR count). The van der Waals surface area contributed by atoms with Crippen LogP contribution in [0.1, 0.15) is 22.5 Å². The lowest BCUT2D eigenvalue weighted by Gasteiger charge is -2.03. The maximum atomic E-state index is 12.2. The fourth-order valence-electron chi connectivity index (χ4n) is 2.05. The molecule has 0 saturated carbocycles. The number of carbonyl (C=O) groups excluding carboxylic acids is 1. The Morgan fingerprint density at radius 3 is 2.94 bits per heavy atom. The Hall–Kier alpha value is -0.800. The van der Waals surface area contributed by atoms with Crippen molar-refractivity contribution >= 4 is 39.0 Å². The van der Waals surface area contributed by atoms with Gasteiger partial charge in [0.1, 0.15) is 0 Å². The van der Waals surface area contributed by atoms with E-state index in [4.69, 9.17) is 0 Å². The lowest BCUT2D eigenvalue weighted by atomic mass is 10.1. The van der Waals surface area contributed by atoms with Gasteiger partial charge in [0.2, 0.25) is 0 Å². The van der Waals surface area contributed by atoms with Gasteiger partial charge in [-0.2, -0.15) is 11.8 Å². The fraction of sp³-hybridized carbons (Fsp3) is 0.308. The molecule has 2 aromatic rings. The molecule has 1 aromatic heterocycles. The highest BCUT2D eigenvalue weighted by molar-refractivity contribution is 8.00. The van der Waals surface area contributed by atoms with Crippen LogP contribution < -0.4 is 0 Å². The van der Waals surface area contributed by atoms with Crippen LogP contribution in [0.15, 0.2) is 30.3 Å². The summed E-state index contributed by atoms with van der Waals surface area (Å²) < 4.78 is 1.22. The van der Waals surface area contributed by atoms with Crippen LogP contribution in [0.5, 0.6) is 0 Å². The zero-order valence-corrected chi connectivity index (χ0v) is 10.4. The Balaban J connectivity index is 1.96. The van der Waals surface area contributed by atoms with Crippen LogP contribution in [0.4, 0.5) is 0 Å². The SMILES string of the molecule is O=C(c1cc2ccccc2s1)C1CCCS1. The van der Waals surface area contributed by atoms with Crippen molar-refractivity contribution in [2.45, 2.75) is 18.1 Å². The lowest BCUT2D eigenvalue weighted by molar-refractivity contribution is 0.0992. The van der Waals surface area contributed by atoms with Gasteiger partial charge in [-0.05, 0) is 36.1 Å². The molecule has 1 atom stereocenters. The van der Waals surface area contributed by atoms with E-state index in [9.17, 15) is 4.79 Å². The molecule has 1 aliphatic heterocycles. The van der Waals surface area contributed by atoms with E-state index >= 15 is 0 Å². The first-order chi connectivity index (χ1) is 7.84. The van der Waals surface area contributed by atoms with Crippen molar-refractivity contribution in [1.29, 1.82) is 0 Å². The van der Waals surface area contributed by atoms with E-state index in [1.165, 1.54) is 16.5 Å². The van der Waals surface area contributed by atoms with Gasteiger partial charge in [0.25, 0.3) is 0 Å². The van der Waals surface area contributed by atoms with E-state index in [0.29, 0.717) is 5.78 Å². The summed E-state index contributed by atoms with van der Waals surface area (Å²) in [5.74, 6) is 1.48. The number of hydrogen-bond acceptors (Lipinski definition) is 3. The molecule has 0 N–H and O–H groups in total. The lowest BCUT2D eigenvalue weighted by Crippen LogP contribution is -2.12. The van der Waals surface area contributed by atoms with Crippen LogP contribution in [-0.2, 0) is 0 Å². The molecule has 0 spiro atoms. The molecule has 1 saturated heterocycles. The van der Waals surface area contributed by atoms with Gasteiger partial charge in [-0.25, -0.2) is 0 Å². The predicted octanol–water partition coefficient (Wildman–Crippen LogP) is 3.98. The van der Waals surface area contributed by atoms with E-state index in [1.54, 1.807) is 11.3 Å². The number of carbonyl (C=O) groups is 1. The van der Waals surface area contributed by atoms with Crippen molar-refractivity contribution in [3.63, 3.8) is 0 Å². The molecule has 0 aliphatic carbocycles. The van der Waals surface area contributed by atoms with Gasteiger partial charge in [0.15, 0.2) is 5.78 Å². The van der Waals surface area contributed by atoms with Crippen LogP contribution >= 0.6 is 23.1 Å². The number of ketones is 1. The van der Waals surface area contributed by atoms with Gasteiger partial charge >= 0.3 is 0 Å². The van der Waals surface area contributed by atoms with Crippen molar-refractivity contribution in [2.24, 2.45) is 0 Å². The average Bonchev–Trinajstić information content (AvgIpc) is 2.97. The first kappa shape index (κ1) is 10.4. The molecular weight excluding hydrogens is 236 g/mol. The van der Waals surface area contributed by atoms with Crippen LogP contribution in [0, 0.1) is 0 Å². The molecule has 0 amide bonds. The third-order valence-corrected chi connectivity index (χ3v) is 5.40. The van der Waals surface area contributed by atoms with E-state index in [1.807, 2.05) is 30.0 Å². The summed E-state index contributed by atoms with van der Waals surface area (Å²) in [6.45, 7) is 0. The van der Waals surface area contributed by atoms with E-state index < -0.39 is 0 Å². The minimum absolute atomic E-state index is 0.216. The molecule has 1 nitrogen and oxygen atoms in total. The smallest absolute Gasteiger partial charge is 0.185 e. The number of thiophene rings is 1. The minimum Gasteiger partial charge on any atom is -0.292 e. The summed E-state index contributed by atoms with van der Waals surface area (Å²) in [7, 11) is 0. The Bertz CT molecular complexity index is 490. The van der Waals surface area contributed by atoms with Crippen molar-refractivity contribution in [1.82, 2.24) is 0 Å². The summed E-state index contributed by atoms with van der Waals surface area (Å²) in [6.07, 6.45) is 2.24. The standard InChI is InChI=1S/C13H12OS2/c14-13(11-6-3-7-15-11)12-8-9-4-1-2-5-10(9)16-12/h1-2,4-5,8,11H,3,6-7H2. The molecule has 82 valence electrons. The quantitative estimate of drug-likeness (QED) is 0.748. The van der Waals surface area contributed by atoms with Crippen LogP contribution in [0.3, 0.4) is 0 Å². The number of Topliss-reactive ketones (excluding diaryl/α,β-unsaturated/α-hetero) is 1. The van der Waals surface area contributed by atoms with Gasteiger partial charge in [0, 0.05) is 4.70 Å². The Labute approximate surface area is 103 Å². The highest BCUT2D eigenvalue weighted by atomic mass is 32.2. The fourth-order valence-corrected chi connectivity index (χ4v) is 4.41. The second kappa shape index (κ2) is 4.22. The van der Waals surface area contributed by atoms with E-state index in [2.05, 4.69) is 12.1 Å². The zero-order chi connectivity index (χ0) is 11.0. The van der Waals surface area contributed by atoms with Gasteiger partial charge in [0.05, 0.1) is 10.1 Å². The van der Waals surface area contributed by atoms with Gasteiger partial charge in [-0.3, -0.25) is 4.79 Å². The summed E-state index contributed by atoms with van der Waals surface area (Å²) >= 11 is 3.44. The third kappa shape index (κ3) is 1.78. The highest BCUT2D eigenvalue weighted by Gasteiger charge is 2.25. The second-order valence-corrected chi connectivity index (χ2v) is 6.41. The van der Waals surface area contributed by atoms with Crippen LogP contribution in [0.2, 0.25) is 0 Å². The molecule has 3 heteroatoms. The molecule has 16 heavy (non-hydrogen) atoms. The Kier molecular flexibility index (Phi) is 2.74. The molecule has 1 unspecified atom stereocenters. The minimum atomic E-state index is 0.216. The molecule has 0 bridgehead atoms. The molecule has 2 heterocycles. The molecule has 1 fully saturated rings. The first-order valence-electron chi connectivity index (χ1n) is 5.49. The monoisotopic (exact) mass is 248 g/mol. The number of benzene rings is 1. The molecular formula is C13H12OS2. The topological polar surface area (TPSA) is 17.1 Å². The maximum absolute atomic E-state index is 12.2. The number of hydrogen-bond donors (Lipinski definition) is 0. The van der Waals surface area contributed by atoms with Crippen LogP contribution in [-0.4, -0.2) is 16.8 Å². The number of fused-ring (bicyclic) bond motifs is 1.